The maximum Gasteiger partial charge on any atom is 0.415 e. The molecule has 1 aromatic heterocycles. The Morgan fingerprint density at radius 2 is 1.67 bits per heavy atom. The first-order valence-electron chi connectivity index (χ1n) is 12.1. The summed E-state index contributed by atoms with van der Waals surface area (Å²) in [5.74, 6) is 0.423. The van der Waals surface area contributed by atoms with Gasteiger partial charge in [0, 0.05) is 36.1 Å². The predicted molar refractivity (Wildman–Crippen MR) is 143 cm³/mol. The molecule has 36 heavy (non-hydrogen) atoms. The average molecular weight is 492 g/mol. The molecular weight excluding hydrogens is 454 g/mol. The van der Waals surface area contributed by atoms with Crippen molar-refractivity contribution in [1.82, 2.24) is 14.9 Å². The molecule has 0 fully saturated rings. The molecule has 0 atom stereocenters. The molecule has 0 aliphatic carbocycles. The van der Waals surface area contributed by atoms with Crippen LogP contribution in [0.25, 0.3) is 22.0 Å². The predicted octanol–water partition coefficient (Wildman–Crippen LogP) is 6.27. The quantitative estimate of drug-likeness (QED) is 0.380. The van der Waals surface area contributed by atoms with Gasteiger partial charge in [-0.25, -0.2) is 14.8 Å². The fraction of sp³-hybridized carbons (Fsp3) is 0.414. The Kier molecular flexibility index (Phi) is 8.04. The van der Waals surface area contributed by atoms with Crippen molar-refractivity contribution in [2.75, 3.05) is 21.2 Å². The standard InChI is InChI=1S/C29H37N3O4/c1-18(2)16-24-26(36-28(34)31(7)29(4,5)6)25(20-12-10-19(3)11-13-20)22-17-21(14-15-23(22)30-24)27(33)32(8)35-9/h10-15,17-18H,16H2,1-9H3. The summed E-state index contributed by atoms with van der Waals surface area (Å²) in [4.78, 5) is 37.7. The lowest BCUT2D eigenvalue weighted by Crippen LogP contribution is -2.44. The first-order chi connectivity index (χ1) is 16.8. The number of carbonyl (C=O) groups excluding carboxylic acids is 2. The van der Waals surface area contributed by atoms with Crippen LogP contribution in [0.5, 0.6) is 5.75 Å². The Morgan fingerprint density at radius 1 is 1.03 bits per heavy atom. The maximum absolute atomic E-state index is 13.3. The van der Waals surface area contributed by atoms with Crippen LogP contribution in [0.2, 0.25) is 0 Å². The van der Waals surface area contributed by atoms with E-state index in [2.05, 4.69) is 13.8 Å². The van der Waals surface area contributed by atoms with Crippen molar-refractivity contribution >= 4 is 22.9 Å². The van der Waals surface area contributed by atoms with E-state index in [-0.39, 0.29) is 11.8 Å². The van der Waals surface area contributed by atoms with Gasteiger partial charge in [0.2, 0.25) is 0 Å². The number of nitrogens with zero attached hydrogens (tertiary/aromatic N) is 3. The lowest BCUT2D eigenvalue weighted by Gasteiger charge is -2.31. The Hall–Kier alpha value is -3.45. The topological polar surface area (TPSA) is 72.0 Å². The highest BCUT2D eigenvalue weighted by Gasteiger charge is 2.28. The van der Waals surface area contributed by atoms with Gasteiger partial charge in [-0.2, -0.15) is 0 Å². The Balaban J connectivity index is 2.35. The van der Waals surface area contributed by atoms with Crippen LogP contribution < -0.4 is 4.74 Å². The highest BCUT2D eigenvalue weighted by Crippen LogP contribution is 2.40. The molecule has 0 radical (unpaired) electrons. The summed E-state index contributed by atoms with van der Waals surface area (Å²) in [5.41, 5.74) is 4.18. The second kappa shape index (κ2) is 10.7. The minimum Gasteiger partial charge on any atom is -0.408 e. The Labute approximate surface area is 214 Å². The number of hydrogen-bond donors (Lipinski definition) is 0. The summed E-state index contributed by atoms with van der Waals surface area (Å²) < 4.78 is 6.13. The average Bonchev–Trinajstić information content (AvgIpc) is 2.82. The highest BCUT2D eigenvalue weighted by molar-refractivity contribution is 6.04. The maximum atomic E-state index is 13.3. The third-order valence-corrected chi connectivity index (χ3v) is 6.23. The van der Waals surface area contributed by atoms with Gasteiger partial charge in [0.15, 0.2) is 5.75 Å². The van der Waals surface area contributed by atoms with Gasteiger partial charge in [-0.15, -0.1) is 0 Å². The summed E-state index contributed by atoms with van der Waals surface area (Å²) in [6.45, 7) is 12.1. The molecule has 1 heterocycles. The second-order valence-corrected chi connectivity index (χ2v) is 10.5. The first kappa shape index (κ1) is 27.1. The van der Waals surface area contributed by atoms with E-state index in [9.17, 15) is 9.59 Å². The fourth-order valence-corrected chi connectivity index (χ4v) is 3.77. The number of rotatable bonds is 6. The van der Waals surface area contributed by atoms with Crippen molar-refractivity contribution in [3.63, 3.8) is 0 Å². The summed E-state index contributed by atoms with van der Waals surface area (Å²) in [5, 5.41) is 1.90. The number of aromatic nitrogens is 1. The van der Waals surface area contributed by atoms with Gasteiger partial charge >= 0.3 is 6.09 Å². The van der Waals surface area contributed by atoms with Gasteiger partial charge in [-0.3, -0.25) is 9.63 Å². The largest absolute Gasteiger partial charge is 0.415 e. The summed E-state index contributed by atoms with van der Waals surface area (Å²) in [6.07, 6.45) is 0.164. The molecular formula is C29H37N3O4. The molecule has 3 rings (SSSR count). The number of hydroxylamine groups is 2. The molecule has 0 aliphatic rings. The van der Waals surface area contributed by atoms with Crippen LogP contribution in [0.1, 0.15) is 56.2 Å². The first-order valence-corrected chi connectivity index (χ1v) is 12.1. The third kappa shape index (κ3) is 5.85. The molecule has 3 aromatic rings. The lowest BCUT2D eigenvalue weighted by molar-refractivity contribution is -0.0756. The van der Waals surface area contributed by atoms with E-state index in [0.717, 1.165) is 27.6 Å². The van der Waals surface area contributed by atoms with Crippen LogP contribution in [0, 0.1) is 12.8 Å². The van der Waals surface area contributed by atoms with Crippen molar-refractivity contribution in [3.8, 4) is 16.9 Å². The zero-order valence-corrected chi connectivity index (χ0v) is 22.8. The van der Waals surface area contributed by atoms with E-state index in [1.807, 2.05) is 58.0 Å². The molecule has 0 unspecified atom stereocenters. The van der Waals surface area contributed by atoms with Crippen molar-refractivity contribution in [2.24, 2.45) is 5.92 Å². The Bertz CT molecular complexity index is 1260. The monoisotopic (exact) mass is 491 g/mol. The van der Waals surface area contributed by atoms with Gasteiger partial charge in [-0.05, 0) is 63.8 Å². The van der Waals surface area contributed by atoms with E-state index in [4.69, 9.17) is 14.6 Å². The van der Waals surface area contributed by atoms with E-state index >= 15 is 0 Å². The van der Waals surface area contributed by atoms with E-state index < -0.39 is 11.6 Å². The number of carbonyl (C=O) groups is 2. The van der Waals surface area contributed by atoms with Crippen LogP contribution in [-0.2, 0) is 11.3 Å². The summed E-state index contributed by atoms with van der Waals surface area (Å²) >= 11 is 0. The van der Waals surface area contributed by atoms with Gasteiger partial charge in [-0.1, -0.05) is 43.7 Å². The van der Waals surface area contributed by atoms with Crippen LogP contribution >= 0.6 is 0 Å². The molecule has 192 valence electrons. The van der Waals surface area contributed by atoms with E-state index in [0.29, 0.717) is 23.4 Å². The normalized spacial score (nSPS) is 11.6. The highest BCUT2D eigenvalue weighted by atomic mass is 16.7. The van der Waals surface area contributed by atoms with Crippen molar-refractivity contribution in [3.05, 3.63) is 59.3 Å². The van der Waals surface area contributed by atoms with Crippen molar-refractivity contribution < 1.29 is 19.2 Å². The van der Waals surface area contributed by atoms with Crippen molar-refractivity contribution in [1.29, 1.82) is 0 Å². The summed E-state index contributed by atoms with van der Waals surface area (Å²) in [6, 6.07) is 13.4. The number of fused-ring (bicyclic) bond motifs is 1. The minimum atomic E-state index is -0.464. The number of amides is 2. The Morgan fingerprint density at radius 3 is 2.22 bits per heavy atom. The molecule has 7 heteroatoms. The third-order valence-electron chi connectivity index (χ3n) is 6.23. The van der Waals surface area contributed by atoms with Crippen LogP contribution in [0.3, 0.4) is 0 Å². The second-order valence-electron chi connectivity index (χ2n) is 10.5. The fourth-order valence-electron chi connectivity index (χ4n) is 3.77. The molecule has 2 aromatic carbocycles. The summed E-state index contributed by atoms with van der Waals surface area (Å²) in [7, 11) is 4.73. The lowest BCUT2D eigenvalue weighted by atomic mass is 9.94. The number of pyridine rings is 1. The molecule has 0 spiro atoms. The smallest absolute Gasteiger partial charge is 0.408 e. The molecule has 0 saturated carbocycles. The van der Waals surface area contributed by atoms with E-state index in [1.165, 1.54) is 12.2 Å². The number of hydrogen-bond acceptors (Lipinski definition) is 5. The van der Waals surface area contributed by atoms with Crippen LogP contribution in [-0.4, -0.2) is 53.7 Å². The van der Waals surface area contributed by atoms with Gasteiger partial charge in [0.1, 0.15) is 0 Å². The zero-order chi connectivity index (χ0) is 26.8. The minimum absolute atomic E-state index is 0.286. The molecule has 0 saturated heterocycles. The van der Waals surface area contributed by atoms with Crippen molar-refractivity contribution in [2.45, 2.75) is 53.5 Å². The zero-order valence-electron chi connectivity index (χ0n) is 22.8. The van der Waals surface area contributed by atoms with Gasteiger partial charge in [0.05, 0.1) is 18.3 Å². The van der Waals surface area contributed by atoms with Crippen LogP contribution in [0.15, 0.2) is 42.5 Å². The van der Waals surface area contributed by atoms with Gasteiger partial charge in [0.25, 0.3) is 5.91 Å². The van der Waals surface area contributed by atoms with Crippen LogP contribution in [0.4, 0.5) is 4.79 Å². The number of benzene rings is 2. The number of ether oxygens (including phenoxy) is 1. The molecule has 0 bridgehead atoms. The van der Waals surface area contributed by atoms with Gasteiger partial charge < -0.3 is 9.64 Å². The number of aryl methyl sites for hydroxylation is 1. The molecule has 0 aliphatic heterocycles. The SMILES string of the molecule is CON(C)C(=O)c1ccc2nc(CC(C)C)c(OC(=O)N(C)C(C)(C)C)c(-c3ccc(C)cc3)c2c1. The molecule has 7 nitrogen and oxygen atoms in total. The molecule has 2 amide bonds. The van der Waals surface area contributed by atoms with E-state index in [1.54, 1.807) is 31.1 Å². The molecule has 0 N–H and O–H groups in total.